The first-order valence-corrected chi connectivity index (χ1v) is 6.93. The molecule has 0 fully saturated rings. The normalized spacial score (nSPS) is 11.0. The number of para-hydroxylation sites is 1. The van der Waals surface area contributed by atoms with E-state index < -0.39 is 5.97 Å². The maximum Gasteiger partial charge on any atom is 0.305 e. The van der Waals surface area contributed by atoms with E-state index in [1.54, 1.807) is 4.90 Å². The van der Waals surface area contributed by atoms with Crippen LogP contribution in [0.2, 0.25) is 0 Å². The van der Waals surface area contributed by atoms with E-state index in [1.165, 1.54) is 0 Å². The van der Waals surface area contributed by atoms with Crippen LogP contribution in [0.5, 0.6) is 0 Å². The molecular formula is C15H19N3O3. The van der Waals surface area contributed by atoms with E-state index >= 15 is 0 Å². The van der Waals surface area contributed by atoms with Crippen molar-refractivity contribution in [3.8, 4) is 0 Å². The molecule has 2 aromatic rings. The minimum absolute atomic E-state index is 0.0686. The first kappa shape index (κ1) is 15.0. The largest absolute Gasteiger partial charge is 0.481 e. The van der Waals surface area contributed by atoms with Gasteiger partial charge in [-0.25, -0.2) is 0 Å². The summed E-state index contributed by atoms with van der Waals surface area (Å²) in [7, 11) is 0. The van der Waals surface area contributed by atoms with Gasteiger partial charge in [-0.2, -0.15) is 5.10 Å². The van der Waals surface area contributed by atoms with Crippen LogP contribution in [0, 0.1) is 5.92 Å². The fourth-order valence-electron chi connectivity index (χ4n) is 2.22. The van der Waals surface area contributed by atoms with Gasteiger partial charge in [-0.3, -0.25) is 14.7 Å². The second kappa shape index (κ2) is 6.39. The Morgan fingerprint density at radius 1 is 1.33 bits per heavy atom. The predicted molar refractivity (Wildman–Crippen MR) is 79.1 cm³/mol. The number of H-pyrrole nitrogens is 1. The zero-order valence-electron chi connectivity index (χ0n) is 12.2. The summed E-state index contributed by atoms with van der Waals surface area (Å²) in [5.41, 5.74) is 1.14. The van der Waals surface area contributed by atoms with Gasteiger partial charge in [0.05, 0.1) is 11.9 Å². The third-order valence-corrected chi connectivity index (χ3v) is 3.14. The van der Waals surface area contributed by atoms with E-state index in [0.29, 0.717) is 12.2 Å². The van der Waals surface area contributed by atoms with Crippen LogP contribution < -0.4 is 0 Å². The molecule has 0 unspecified atom stereocenters. The highest BCUT2D eigenvalue weighted by atomic mass is 16.4. The smallest absolute Gasteiger partial charge is 0.305 e. The minimum atomic E-state index is -0.913. The lowest BCUT2D eigenvalue weighted by molar-refractivity contribution is -0.137. The monoisotopic (exact) mass is 289 g/mol. The van der Waals surface area contributed by atoms with Gasteiger partial charge in [-0.15, -0.1) is 0 Å². The van der Waals surface area contributed by atoms with Crippen molar-refractivity contribution in [2.45, 2.75) is 20.3 Å². The molecule has 1 amide bonds. The van der Waals surface area contributed by atoms with Crippen molar-refractivity contribution in [1.29, 1.82) is 0 Å². The summed E-state index contributed by atoms with van der Waals surface area (Å²) in [6.07, 6.45) is -0.0686. The quantitative estimate of drug-likeness (QED) is 0.853. The molecule has 0 saturated heterocycles. The molecule has 1 aromatic heterocycles. The number of carbonyl (C=O) groups is 2. The lowest BCUT2D eigenvalue weighted by Gasteiger charge is -2.23. The van der Waals surface area contributed by atoms with Crippen molar-refractivity contribution in [1.82, 2.24) is 15.1 Å². The number of nitrogens with one attached hydrogen (secondary N) is 1. The number of amides is 1. The molecule has 0 aliphatic carbocycles. The Morgan fingerprint density at radius 2 is 2.05 bits per heavy atom. The van der Waals surface area contributed by atoms with Gasteiger partial charge in [-0.05, 0) is 12.0 Å². The van der Waals surface area contributed by atoms with Gasteiger partial charge in [0.25, 0.3) is 5.91 Å². The SMILES string of the molecule is CC(C)CN(CCC(=O)O)C(=O)c1n[nH]c2ccccc12. The second-order valence-electron chi connectivity index (χ2n) is 5.41. The predicted octanol–water partition coefficient (Wildman–Crippen LogP) is 2.14. The highest BCUT2D eigenvalue weighted by molar-refractivity contribution is 6.04. The zero-order valence-corrected chi connectivity index (χ0v) is 12.2. The molecule has 2 rings (SSSR count). The van der Waals surface area contributed by atoms with E-state index in [4.69, 9.17) is 5.11 Å². The van der Waals surface area contributed by atoms with Crippen molar-refractivity contribution in [3.63, 3.8) is 0 Å². The molecule has 0 aliphatic heterocycles. The number of hydrogen-bond donors (Lipinski definition) is 2. The summed E-state index contributed by atoms with van der Waals surface area (Å²) < 4.78 is 0. The molecule has 112 valence electrons. The number of hydrogen-bond acceptors (Lipinski definition) is 3. The summed E-state index contributed by atoms with van der Waals surface area (Å²) >= 11 is 0. The van der Waals surface area contributed by atoms with Gasteiger partial charge < -0.3 is 10.0 Å². The number of rotatable bonds is 6. The Kier molecular flexibility index (Phi) is 4.57. The topological polar surface area (TPSA) is 86.3 Å². The van der Waals surface area contributed by atoms with Gasteiger partial charge in [0.2, 0.25) is 0 Å². The molecule has 21 heavy (non-hydrogen) atoms. The van der Waals surface area contributed by atoms with Crippen LogP contribution in [-0.4, -0.2) is 45.2 Å². The van der Waals surface area contributed by atoms with Crippen LogP contribution in [0.15, 0.2) is 24.3 Å². The van der Waals surface area contributed by atoms with E-state index in [2.05, 4.69) is 10.2 Å². The Bertz CT molecular complexity index is 648. The number of carboxylic acids is 1. The lowest BCUT2D eigenvalue weighted by atomic mass is 10.1. The van der Waals surface area contributed by atoms with Crippen molar-refractivity contribution in [2.75, 3.05) is 13.1 Å². The number of benzene rings is 1. The number of aromatic amines is 1. The molecule has 0 spiro atoms. The first-order chi connectivity index (χ1) is 9.99. The second-order valence-corrected chi connectivity index (χ2v) is 5.41. The average molecular weight is 289 g/mol. The summed E-state index contributed by atoms with van der Waals surface area (Å²) in [5, 5.41) is 16.5. The first-order valence-electron chi connectivity index (χ1n) is 6.93. The molecule has 0 bridgehead atoms. The van der Waals surface area contributed by atoms with Crippen LogP contribution in [0.1, 0.15) is 30.8 Å². The molecule has 6 nitrogen and oxygen atoms in total. The van der Waals surface area contributed by atoms with Crippen LogP contribution >= 0.6 is 0 Å². The molecule has 0 aliphatic rings. The molecule has 1 heterocycles. The Morgan fingerprint density at radius 3 is 2.71 bits per heavy atom. The van der Waals surface area contributed by atoms with Crippen LogP contribution in [-0.2, 0) is 4.79 Å². The Hall–Kier alpha value is -2.37. The number of aliphatic carboxylic acids is 1. The number of carboxylic acid groups (broad SMARTS) is 1. The van der Waals surface area contributed by atoms with E-state index in [-0.39, 0.29) is 24.8 Å². The van der Waals surface area contributed by atoms with Gasteiger partial charge >= 0.3 is 5.97 Å². The highest BCUT2D eigenvalue weighted by Crippen LogP contribution is 2.17. The summed E-state index contributed by atoms with van der Waals surface area (Å²) in [6.45, 7) is 4.67. The third-order valence-electron chi connectivity index (χ3n) is 3.14. The van der Waals surface area contributed by atoms with Crippen molar-refractivity contribution in [3.05, 3.63) is 30.0 Å². The summed E-state index contributed by atoms with van der Waals surface area (Å²) in [4.78, 5) is 24.9. The third kappa shape index (κ3) is 3.59. The van der Waals surface area contributed by atoms with Crippen molar-refractivity contribution >= 4 is 22.8 Å². The van der Waals surface area contributed by atoms with Crippen LogP contribution in [0.25, 0.3) is 10.9 Å². The lowest BCUT2D eigenvalue weighted by Crippen LogP contribution is -2.36. The fraction of sp³-hybridized carbons (Fsp3) is 0.400. The minimum Gasteiger partial charge on any atom is -0.481 e. The number of fused-ring (bicyclic) bond motifs is 1. The van der Waals surface area contributed by atoms with Gasteiger partial charge in [0.1, 0.15) is 0 Å². The van der Waals surface area contributed by atoms with Gasteiger partial charge in [0.15, 0.2) is 5.69 Å². The number of nitrogens with zero attached hydrogens (tertiary/aromatic N) is 2. The summed E-state index contributed by atoms with van der Waals surface area (Å²) in [6, 6.07) is 7.39. The van der Waals surface area contributed by atoms with Gasteiger partial charge in [-0.1, -0.05) is 32.0 Å². The highest BCUT2D eigenvalue weighted by Gasteiger charge is 2.22. The molecular weight excluding hydrogens is 270 g/mol. The van der Waals surface area contributed by atoms with Crippen molar-refractivity contribution < 1.29 is 14.7 Å². The molecule has 1 aromatic carbocycles. The van der Waals surface area contributed by atoms with E-state index in [0.717, 1.165) is 10.9 Å². The fourth-order valence-corrected chi connectivity index (χ4v) is 2.22. The molecule has 2 N–H and O–H groups in total. The Balaban J connectivity index is 2.26. The maximum atomic E-state index is 12.6. The number of aromatic nitrogens is 2. The Labute approximate surface area is 122 Å². The molecule has 0 radical (unpaired) electrons. The van der Waals surface area contributed by atoms with Gasteiger partial charge in [0, 0.05) is 18.5 Å². The summed E-state index contributed by atoms with van der Waals surface area (Å²) in [5.74, 6) is -0.890. The standard InChI is InChI=1S/C15H19N3O3/c1-10(2)9-18(8-7-13(19)20)15(21)14-11-5-3-4-6-12(11)16-17-14/h3-6,10H,7-9H2,1-2H3,(H,16,17)(H,19,20). The molecule has 6 heteroatoms. The van der Waals surface area contributed by atoms with E-state index in [9.17, 15) is 9.59 Å². The van der Waals surface area contributed by atoms with Crippen LogP contribution in [0.3, 0.4) is 0 Å². The zero-order chi connectivity index (χ0) is 15.4. The maximum absolute atomic E-state index is 12.6. The molecule has 0 saturated carbocycles. The average Bonchev–Trinajstić information content (AvgIpc) is 2.86. The van der Waals surface area contributed by atoms with Crippen LogP contribution in [0.4, 0.5) is 0 Å². The van der Waals surface area contributed by atoms with Crippen molar-refractivity contribution in [2.24, 2.45) is 5.92 Å². The number of carbonyl (C=O) groups excluding carboxylic acids is 1. The molecule has 0 atom stereocenters. The van der Waals surface area contributed by atoms with E-state index in [1.807, 2.05) is 38.1 Å².